The average molecular weight is 307 g/mol. The van der Waals surface area contributed by atoms with E-state index in [2.05, 4.69) is 38.5 Å². The molecule has 2 aromatic rings. The number of hydrogen-bond donors (Lipinski definition) is 1. The molecule has 0 spiro atoms. The van der Waals surface area contributed by atoms with Crippen LogP contribution in [0.3, 0.4) is 0 Å². The minimum atomic E-state index is -0.316. The van der Waals surface area contributed by atoms with Crippen molar-refractivity contribution in [1.29, 1.82) is 0 Å². The molecule has 0 aliphatic heterocycles. The summed E-state index contributed by atoms with van der Waals surface area (Å²) in [5, 5.41) is 10.0. The summed E-state index contributed by atoms with van der Waals surface area (Å²) in [5.74, 6) is 0.922. The maximum atomic E-state index is 10.0. The molecule has 3 nitrogen and oxygen atoms in total. The van der Waals surface area contributed by atoms with Gasteiger partial charge in [-0.05, 0) is 60.3 Å². The molecular weight excluding hydrogens is 292 g/mol. The maximum Gasteiger partial charge on any atom is 0.137 e. The first-order chi connectivity index (χ1) is 8.66. The highest BCUT2D eigenvalue weighted by atomic mass is 79.9. The molecule has 1 aliphatic rings. The topological polar surface area (TPSA) is 38.0 Å². The van der Waals surface area contributed by atoms with Gasteiger partial charge in [-0.25, -0.2) is 4.98 Å². The smallest absolute Gasteiger partial charge is 0.137 e. The van der Waals surface area contributed by atoms with Crippen LogP contribution in [0.25, 0.3) is 5.82 Å². The Hall–Kier alpha value is -1.13. The molecule has 3 rings (SSSR count). The van der Waals surface area contributed by atoms with Gasteiger partial charge in [0.15, 0.2) is 0 Å². The van der Waals surface area contributed by atoms with Crippen molar-refractivity contribution >= 4 is 15.9 Å². The van der Waals surface area contributed by atoms with Gasteiger partial charge in [0, 0.05) is 27.6 Å². The molecule has 0 radical (unpaired) electrons. The zero-order valence-corrected chi connectivity index (χ0v) is 11.8. The van der Waals surface area contributed by atoms with Crippen LogP contribution in [0.4, 0.5) is 0 Å². The third-order valence-electron chi connectivity index (χ3n) is 3.51. The van der Waals surface area contributed by atoms with Crippen molar-refractivity contribution < 1.29 is 5.11 Å². The van der Waals surface area contributed by atoms with Crippen molar-refractivity contribution in [1.82, 2.24) is 9.55 Å². The number of rotatable bonds is 1. The highest BCUT2D eigenvalue weighted by Gasteiger charge is 2.23. The highest BCUT2D eigenvalue weighted by molar-refractivity contribution is 9.10. The van der Waals surface area contributed by atoms with Gasteiger partial charge < -0.3 is 9.67 Å². The molecule has 0 saturated carbocycles. The first kappa shape index (κ1) is 11.9. The van der Waals surface area contributed by atoms with Gasteiger partial charge in [-0.1, -0.05) is 0 Å². The van der Waals surface area contributed by atoms with Crippen LogP contribution in [0.15, 0.2) is 28.9 Å². The molecule has 0 aromatic carbocycles. The third-order valence-corrected chi connectivity index (χ3v) is 3.98. The lowest BCUT2D eigenvalue weighted by Gasteiger charge is -2.20. The van der Waals surface area contributed by atoms with E-state index in [-0.39, 0.29) is 6.10 Å². The Morgan fingerprint density at radius 2 is 2.28 bits per heavy atom. The van der Waals surface area contributed by atoms with Crippen LogP contribution in [0, 0.1) is 6.92 Å². The summed E-state index contributed by atoms with van der Waals surface area (Å²) in [5.41, 5.74) is 3.42. The largest absolute Gasteiger partial charge is 0.388 e. The Balaban J connectivity index is 2.15. The fourth-order valence-corrected chi connectivity index (χ4v) is 2.93. The lowest BCUT2D eigenvalue weighted by Crippen LogP contribution is -2.12. The Labute approximate surface area is 115 Å². The summed E-state index contributed by atoms with van der Waals surface area (Å²) in [6.07, 6.45) is 4.40. The van der Waals surface area contributed by atoms with E-state index in [0.717, 1.165) is 40.8 Å². The normalized spacial score (nSPS) is 18.7. The maximum absolute atomic E-state index is 10.0. The predicted octanol–water partition coefficient (Wildman–Crippen LogP) is 3.31. The van der Waals surface area contributed by atoms with E-state index in [9.17, 15) is 5.11 Å². The average Bonchev–Trinajstić information content (AvgIpc) is 2.69. The molecule has 1 atom stereocenters. The summed E-state index contributed by atoms with van der Waals surface area (Å²) >= 11 is 3.40. The minimum absolute atomic E-state index is 0.316. The lowest BCUT2D eigenvalue weighted by atomic mass is 9.95. The van der Waals surface area contributed by atoms with Gasteiger partial charge in [-0.3, -0.25) is 0 Å². The summed E-state index contributed by atoms with van der Waals surface area (Å²) in [4.78, 5) is 4.45. The van der Waals surface area contributed by atoms with E-state index in [1.165, 1.54) is 5.69 Å². The molecule has 18 heavy (non-hydrogen) atoms. The number of halogens is 1. The van der Waals surface area contributed by atoms with Crippen LogP contribution in [-0.4, -0.2) is 14.7 Å². The number of aliphatic hydroxyl groups excluding tert-OH is 1. The number of aryl methyl sites for hydroxylation is 1. The van der Waals surface area contributed by atoms with Gasteiger partial charge >= 0.3 is 0 Å². The summed E-state index contributed by atoms with van der Waals surface area (Å²) in [6, 6.07) is 6.08. The van der Waals surface area contributed by atoms with E-state index in [4.69, 9.17) is 0 Å². The predicted molar refractivity (Wildman–Crippen MR) is 73.9 cm³/mol. The molecule has 1 aliphatic carbocycles. The van der Waals surface area contributed by atoms with E-state index in [0.29, 0.717) is 0 Å². The van der Waals surface area contributed by atoms with Crippen LogP contribution in [0.1, 0.15) is 35.9 Å². The van der Waals surface area contributed by atoms with Crippen LogP contribution in [0.5, 0.6) is 0 Å². The molecule has 0 amide bonds. The zero-order chi connectivity index (χ0) is 12.7. The second kappa shape index (κ2) is 4.52. The Morgan fingerprint density at radius 3 is 3.00 bits per heavy atom. The first-order valence-electron chi connectivity index (χ1n) is 6.18. The standard InChI is InChI=1S/C14H15BrN2O/c1-9-7-11-12(3-2-4-13(11)18)17(9)14-6-5-10(15)8-16-14/h5-8,13,18H,2-4H2,1H3. The monoisotopic (exact) mass is 306 g/mol. The quantitative estimate of drug-likeness (QED) is 0.878. The lowest BCUT2D eigenvalue weighted by molar-refractivity contribution is 0.156. The van der Waals surface area contributed by atoms with Gasteiger partial charge in [0.05, 0.1) is 6.10 Å². The molecule has 2 aromatic heterocycles. The molecule has 0 bridgehead atoms. The van der Waals surface area contributed by atoms with E-state index in [1.54, 1.807) is 6.20 Å². The molecule has 94 valence electrons. The Bertz CT molecular complexity index is 574. The van der Waals surface area contributed by atoms with E-state index < -0.39 is 0 Å². The van der Waals surface area contributed by atoms with Crippen molar-refractivity contribution in [3.8, 4) is 5.82 Å². The second-order valence-corrected chi connectivity index (χ2v) is 5.68. The summed E-state index contributed by atoms with van der Waals surface area (Å²) in [7, 11) is 0. The van der Waals surface area contributed by atoms with E-state index in [1.807, 2.05) is 12.1 Å². The van der Waals surface area contributed by atoms with Gasteiger partial charge in [0.25, 0.3) is 0 Å². The number of aromatic nitrogens is 2. The van der Waals surface area contributed by atoms with Gasteiger partial charge in [0.2, 0.25) is 0 Å². The fourth-order valence-electron chi connectivity index (χ4n) is 2.70. The Morgan fingerprint density at radius 1 is 1.44 bits per heavy atom. The molecule has 1 N–H and O–H groups in total. The van der Waals surface area contributed by atoms with Crippen LogP contribution in [-0.2, 0) is 6.42 Å². The number of hydrogen-bond acceptors (Lipinski definition) is 2. The van der Waals surface area contributed by atoms with Crippen molar-refractivity contribution in [3.63, 3.8) is 0 Å². The van der Waals surface area contributed by atoms with Crippen LogP contribution in [0.2, 0.25) is 0 Å². The minimum Gasteiger partial charge on any atom is -0.388 e. The number of pyridine rings is 1. The second-order valence-electron chi connectivity index (χ2n) is 4.77. The molecule has 4 heteroatoms. The van der Waals surface area contributed by atoms with Gasteiger partial charge in [0.1, 0.15) is 5.82 Å². The zero-order valence-electron chi connectivity index (χ0n) is 10.2. The van der Waals surface area contributed by atoms with Crippen LogP contribution < -0.4 is 0 Å². The first-order valence-corrected chi connectivity index (χ1v) is 6.97. The number of nitrogens with zero attached hydrogens (tertiary/aromatic N) is 2. The van der Waals surface area contributed by atoms with Crippen molar-refractivity contribution in [2.24, 2.45) is 0 Å². The van der Waals surface area contributed by atoms with Gasteiger partial charge in [-0.15, -0.1) is 0 Å². The summed E-state index contributed by atoms with van der Waals surface area (Å²) in [6.45, 7) is 2.06. The number of aliphatic hydroxyl groups is 1. The SMILES string of the molecule is Cc1cc2c(n1-c1ccc(Br)cn1)CCCC2O. The number of fused-ring (bicyclic) bond motifs is 1. The van der Waals surface area contributed by atoms with Crippen LogP contribution >= 0.6 is 15.9 Å². The molecule has 0 fully saturated rings. The van der Waals surface area contributed by atoms with Crippen molar-refractivity contribution in [2.75, 3.05) is 0 Å². The third kappa shape index (κ3) is 1.89. The molecule has 2 heterocycles. The van der Waals surface area contributed by atoms with E-state index >= 15 is 0 Å². The molecular formula is C14H15BrN2O. The highest BCUT2D eigenvalue weighted by Crippen LogP contribution is 2.33. The fraction of sp³-hybridized carbons (Fsp3) is 0.357. The molecule has 0 saturated heterocycles. The molecule has 1 unspecified atom stereocenters. The Kier molecular flexibility index (Phi) is 2.99. The van der Waals surface area contributed by atoms with Crippen molar-refractivity contribution in [3.05, 3.63) is 45.8 Å². The van der Waals surface area contributed by atoms with Crippen molar-refractivity contribution in [2.45, 2.75) is 32.3 Å². The van der Waals surface area contributed by atoms with Gasteiger partial charge in [-0.2, -0.15) is 0 Å². The summed E-state index contributed by atoms with van der Waals surface area (Å²) < 4.78 is 3.13.